The number of nitrogens with two attached hydrogens (primary N) is 1. The maximum absolute atomic E-state index is 12.9. The molecule has 0 atom stereocenters. The lowest BCUT2D eigenvalue weighted by Gasteiger charge is -2.38. The first kappa shape index (κ1) is 16.3. The molecule has 0 amide bonds. The van der Waals surface area contributed by atoms with Crippen LogP contribution in [0.15, 0.2) is 23.1 Å². The van der Waals surface area contributed by atoms with E-state index in [4.69, 9.17) is 5.73 Å². The molecular formula is C16H26N2O2S. The minimum atomic E-state index is -3.53. The summed E-state index contributed by atoms with van der Waals surface area (Å²) in [6.45, 7) is 6.29. The van der Waals surface area contributed by atoms with Crippen LogP contribution in [0.25, 0.3) is 0 Å². The Morgan fingerprint density at radius 2 is 1.81 bits per heavy atom. The number of hydrogen-bond donors (Lipinski definition) is 1. The summed E-state index contributed by atoms with van der Waals surface area (Å²) < 4.78 is 27.3. The van der Waals surface area contributed by atoms with Crippen LogP contribution < -0.4 is 5.73 Å². The third-order valence-electron chi connectivity index (χ3n) is 4.70. The second-order valence-corrected chi connectivity index (χ2v) is 8.84. The molecule has 2 N–H and O–H groups in total. The molecule has 0 spiro atoms. The van der Waals surface area contributed by atoms with E-state index in [1.165, 1.54) is 4.31 Å². The molecule has 1 fully saturated rings. The van der Waals surface area contributed by atoms with Crippen LogP contribution >= 0.6 is 0 Å². The highest BCUT2D eigenvalue weighted by atomic mass is 32.2. The largest absolute Gasteiger partial charge is 0.398 e. The van der Waals surface area contributed by atoms with Crippen LogP contribution in [0.4, 0.5) is 5.69 Å². The Hall–Kier alpha value is -1.07. The molecule has 118 valence electrons. The molecule has 5 heteroatoms. The number of aryl methyl sites for hydroxylation is 1. The summed E-state index contributed by atoms with van der Waals surface area (Å²) in [5.41, 5.74) is 7.27. The van der Waals surface area contributed by atoms with Crippen LogP contribution in [-0.4, -0.2) is 25.8 Å². The molecule has 0 radical (unpaired) electrons. The predicted octanol–water partition coefficient (Wildman–Crippen LogP) is 3.17. The van der Waals surface area contributed by atoms with E-state index in [0.717, 1.165) is 25.7 Å². The van der Waals surface area contributed by atoms with Gasteiger partial charge in [0.25, 0.3) is 0 Å². The Labute approximate surface area is 128 Å². The van der Waals surface area contributed by atoms with Crippen molar-refractivity contribution >= 4 is 15.7 Å². The van der Waals surface area contributed by atoms with Crippen molar-refractivity contribution < 1.29 is 8.42 Å². The van der Waals surface area contributed by atoms with E-state index in [9.17, 15) is 8.42 Å². The second kappa shape index (κ2) is 5.61. The highest BCUT2D eigenvalue weighted by Gasteiger charge is 2.35. The Bertz CT molecular complexity index is 593. The third-order valence-corrected chi connectivity index (χ3v) is 6.83. The lowest BCUT2D eigenvalue weighted by Crippen LogP contribution is -2.41. The molecule has 0 aromatic heterocycles. The van der Waals surface area contributed by atoms with Crippen molar-refractivity contribution in [3.05, 3.63) is 23.8 Å². The molecule has 0 bridgehead atoms. The number of nitrogen functional groups attached to an aromatic ring is 1. The molecule has 4 nitrogen and oxygen atoms in total. The quantitative estimate of drug-likeness (QED) is 0.872. The summed E-state index contributed by atoms with van der Waals surface area (Å²) in [6, 6.07) is 5.30. The normalized spacial score (nSPS) is 19.9. The standard InChI is InChI=1S/C16H26N2O2S/c1-12-6-5-7-14(17)15(12)21(19,20)18(4)13-8-10-16(2,3)11-9-13/h5-7,13H,8-11,17H2,1-4H3. The monoisotopic (exact) mass is 310 g/mol. The van der Waals surface area contributed by atoms with E-state index in [0.29, 0.717) is 16.7 Å². The molecule has 2 rings (SSSR count). The van der Waals surface area contributed by atoms with Crippen molar-refractivity contribution in [3.8, 4) is 0 Å². The Morgan fingerprint density at radius 1 is 1.24 bits per heavy atom. The molecule has 0 unspecified atom stereocenters. The maximum Gasteiger partial charge on any atom is 0.245 e. The second-order valence-electron chi connectivity index (χ2n) is 6.91. The summed E-state index contributed by atoms with van der Waals surface area (Å²) in [4.78, 5) is 0.261. The zero-order valence-corrected chi connectivity index (χ0v) is 14.2. The van der Waals surface area contributed by atoms with Gasteiger partial charge in [0.05, 0.1) is 5.69 Å². The van der Waals surface area contributed by atoms with Crippen LogP contribution in [0.1, 0.15) is 45.1 Å². The topological polar surface area (TPSA) is 63.4 Å². The van der Waals surface area contributed by atoms with E-state index >= 15 is 0 Å². The van der Waals surface area contributed by atoms with Crippen molar-refractivity contribution in [3.63, 3.8) is 0 Å². The molecule has 1 aliphatic carbocycles. The number of rotatable bonds is 3. The maximum atomic E-state index is 12.9. The van der Waals surface area contributed by atoms with Gasteiger partial charge in [-0.3, -0.25) is 0 Å². The zero-order valence-electron chi connectivity index (χ0n) is 13.4. The fraction of sp³-hybridized carbons (Fsp3) is 0.625. The van der Waals surface area contributed by atoms with Crippen LogP contribution in [0.5, 0.6) is 0 Å². The number of sulfonamides is 1. The number of nitrogens with zero attached hydrogens (tertiary/aromatic N) is 1. The number of anilines is 1. The van der Waals surface area contributed by atoms with Gasteiger partial charge in [-0.1, -0.05) is 26.0 Å². The van der Waals surface area contributed by atoms with E-state index < -0.39 is 10.0 Å². The zero-order chi connectivity index (χ0) is 15.8. The van der Waals surface area contributed by atoms with Gasteiger partial charge in [0.1, 0.15) is 4.90 Å². The van der Waals surface area contributed by atoms with Crippen molar-refractivity contribution in [2.45, 2.75) is 57.4 Å². The van der Waals surface area contributed by atoms with Gasteiger partial charge in [0.2, 0.25) is 10.0 Å². The first-order chi connectivity index (χ1) is 9.65. The van der Waals surface area contributed by atoms with E-state index in [1.807, 2.05) is 0 Å². The summed E-state index contributed by atoms with van der Waals surface area (Å²) in [6.07, 6.45) is 3.94. The lowest BCUT2D eigenvalue weighted by atomic mass is 9.76. The summed E-state index contributed by atoms with van der Waals surface area (Å²) >= 11 is 0. The van der Waals surface area contributed by atoms with Crippen LogP contribution in [0.2, 0.25) is 0 Å². The number of hydrogen-bond acceptors (Lipinski definition) is 3. The lowest BCUT2D eigenvalue weighted by molar-refractivity contribution is 0.174. The van der Waals surface area contributed by atoms with Crippen LogP contribution in [0.3, 0.4) is 0 Å². The summed E-state index contributed by atoms with van der Waals surface area (Å²) in [5, 5.41) is 0. The van der Waals surface area contributed by atoms with Crippen molar-refractivity contribution in [2.75, 3.05) is 12.8 Å². The molecular weight excluding hydrogens is 284 g/mol. The van der Waals surface area contributed by atoms with Gasteiger partial charge in [-0.2, -0.15) is 4.31 Å². The predicted molar refractivity (Wildman–Crippen MR) is 86.6 cm³/mol. The fourth-order valence-corrected chi connectivity index (χ4v) is 4.85. The van der Waals surface area contributed by atoms with Gasteiger partial charge in [0, 0.05) is 13.1 Å². The highest BCUT2D eigenvalue weighted by molar-refractivity contribution is 7.89. The molecule has 1 aromatic rings. The molecule has 1 aromatic carbocycles. The number of benzene rings is 1. The van der Waals surface area contributed by atoms with Crippen molar-refractivity contribution in [1.82, 2.24) is 4.31 Å². The van der Waals surface area contributed by atoms with Gasteiger partial charge in [-0.25, -0.2) is 8.42 Å². The highest BCUT2D eigenvalue weighted by Crippen LogP contribution is 2.38. The van der Waals surface area contributed by atoms with E-state index in [-0.39, 0.29) is 10.9 Å². The Kier molecular flexibility index (Phi) is 4.36. The molecule has 1 saturated carbocycles. The molecule has 0 heterocycles. The minimum absolute atomic E-state index is 0.0713. The Balaban J connectivity index is 2.28. The van der Waals surface area contributed by atoms with Crippen molar-refractivity contribution in [1.29, 1.82) is 0 Å². The van der Waals surface area contributed by atoms with Gasteiger partial charge in [0.15, 0.2) is 0 Å². The SMILES string of the molecule is Cc1cccc(N)c1S(=O)(=O)N(C)C1CCC(C)(C)CC1. The first-order valence-electron chi connectivity index (χ1n) is 7.48. The molecule has 1 aliphatic rings. The average molecular weight is 310 g/mol. The third kappa shape index (κ3) is 3.24. The summed E-state index contributed by atoms with van der Waals surface area (Å²) in [5.74, 6) is 0. The van der Waals surface area contributed by atoms with Crippen molar-refractivity contribution in [2.24, 2.45) is 5.41 Å². The van der Waals surface area contributed by atoms with E-state index in [1.54, 1.807) is 32.2 Å². The van der Waals surface area contributed by atoms with Gasteiger partial charge >= 0.3 is 0 Å². The van der Waals surface area contributed by atoms with Gasteiger partial charge < -0.3 is 5.73 Å². The Morgan fingerprint density at radius 3 is 2.33 bits per heavy atom. The summed E-state index contributed by atoms with van der Waals surface area (Å²) in [7, 11) is -1.84. The fourth-order valence-electron chi connectivity index (χ4n) is 3.12. The molecule has 21 heavy (non-hydrogen) atoms. The molecule has 0 aliphatic heterocycles. The van der Waals surface area contributed by atoms with Crippen LogP contribution in [0, 0.1) is 12.3 Å². The smallest absolute Gasteiger partial charge is 0.245 e. The first-order valence-corrected chi connectivity index (χ1v) is 8.92. The van der Waals surface area contributed by atoms with E-state index in [2.05, 4.69) is 13.8 Å². The minimum Gasteiger partial charge on any atom is -0.398 e. The average Bonchev–Trinajstić information content (AvgIpc) is 2.37. The van der Waals surface area contributed by atoms with Gasteiger partial charge in [-0.15, -0.1) is 0 Å². The molecule has 0 saturated heterocycles. The van der Waals surface area contributed by atoms with Gasteiger partial charge in [-0.05, 0) is 49.7 Å². The van der Waals surface area contributed by atoms with Crippen LogP contribution in [-0.2, 0) is 10.0 Å².